The molecule has 1 aromatic heterocycles. The van der Waals surface area contributed by atoms with Gasteiger partial charge in [-0.15, -0.1) is 24.0 Å². The Hall–Kier alpha value is -1.65. The van der Waals surface area contributed by atoms with E-state index in [0.717, 1.165) is 50.1 Å². The highest BCUT2D eigenvalue weighted by molar-refractivity contribution is 14.0. The van der Waals surface area contributed by atoms with Crippen molar-refractivity contribution in [3.8, 4) is 5.69 Å². The van der Waals surface area contributed by atoms with Gasteiger partial charge >= 0.3 is 0 Å². The summed E-state index contributed by atoms with van der Waals surface area (Å²) in [5.74, 6) is 1.37. The van der Waals surface area contributed by atoms with Gasteiger partial charge in [0.1, 0.15) is 0 Å². The SMILES string of the molecule is CN=C(NCc1cnn(-c2ccccc2)c1)NCC(C(C)C)N1CCOCC1.I. The summed E-state index contributed by atoms with van der Waals surface area (Å²) in [4.78, 5) is 6.88. The van der Waals surface area contributed by atoms with Crippen molar-refractivity contribution < 1.29 is 4.74 Å². The van der Waals surface area contributed by atoms with Crippen molar-refractivity contribution in [3.63, 3.8) is 0 Å². The van der Waals surface area contributed by atoms with Crippen LogP contribution in [0.1, 0.15) is 19.4 Å². The van der Waals surface area contributed by atoms with Crippen molar-refractivity contribution in [1.29, 1.82) is 0 Å². The highest BCUT2D eigenvalue weighted by Crippen LogP contribution is 2.12. The number of aromatic nitrogens is 2. The molecule has 0 amide bonds. The number of hydrogen-bond acceptors (Lipinski definition) is 4. The molecule has 1 atom stereocenters. The van der Waals surface area contributed by atoms with Crippen LogP contribution in [0.3, 0.4) is 0 Å². The Bertz CT molecular complexity index is 743. The molecular formula is C21H33IN6O. The van der Waals surface area contributed by atoms with Gasteiger partial charge in [0, 0.05) is 51.0 Å². The lowest BCUT2D eigenvalue weighted by molar-refractivity contribution is 0.00752. The maximum atomic E-state index is 5.49. The van der Waals surface area contributed by atoms with Crippen molar-refractivity contribution in [2.75, 3.05) is 39.9 Å². The molecule has 160 valence electrons. The third kappa shape index (κ3) is 6.97. The lowest BCUT2D eigenvalue weighted by atomic mass is 10.0. The van der Waals surface area contributed by atoms with Gasteiger partial charge < -0.3 is 15.4 Å². The molecule has 3 rings (SSSR count). The molecule has 1 fully saturated rings. The van der Waals surface area contributed by atoms with Crippen molar-refractivity contribution in [2.45, 2.75) is 26.4 Å². The monoisotopic (exact) mass is 512 g/mol. The van der Waals surface area contributed by atoms with Gasteiger partial charge in [-0.25, -0.2) is 4.68 Å². The largest absolute Gasteiger partial charge is 0.379 e. The van der Waals surface area contributed by atoms with Gasteiger partial charge in [0.25, 0.3) is 0 Å². The van der Waals surface area contributed by atoms with E-state index in [9.17, 15) is 0 Å². The average molecular weight is 512 g/mol. The molecule has 7 nitrogen and oxygen atoms in total. The lowest BCUT2D eigenvalue weighted by Gasteiger charge is -2.37. The van der Waals surface area contributed by atoms with Gasteiger partial charge in [0.15, 0.2) is 5.96 Å². The van der Waals surface area contributed by atoms with Crippen molar-refractivity contribution in [2.24, 2.45) is 10.9 Å². The molecule has 2 N–H and O–H groups in total. The molecule has 1 aliphatic heterocycles. The number of aliphatic imine (C=N–C) groups is 1. The van der Waals surface area contributed by atoms with Crippen LogP contribution in [0, 0.1) is 5.92 Å². The predicted octanol–water partition coefficient (Wildman–Crippen LogP) is 2.51. The van der Waals surface area contributed by atoms with Gasteiger partial charge in [-0.1, -0.05) is 32.0 Å². The van der Waals surface area contributed by atoms with E-state index in [2.05, 4.69) is 39.5 Å². The molecule has 1 aliphatic rings. The summed E-state index contributed by atoms with van der Waals surface area (Å²) < 4.78 is 7.38. The molecule has 0 bridgehead atoms. The van der Waals surface area contributed by atoms with E-state index in [-0.39, 0.29) is 24.0 Å². The van der Waals surface area contributed by atoms with E-state index >= 15 is 0 Å². The highest BCUT2D eigenvalue weighted by Gasteiger charge is 2.23. The molecule has 2 aromatic rings. The first-order valence-corrected chi connectivity index (χ1v) is 10.0. The second kappa shape index (κ2) is 12.1. The molecule has 1 unspecified atom stereocenters. The molecule has 1 saturated heterocycles. The summed E-state index contributed by atoms with van der Waals surface area (Å²) in [7, 11) is 1.81. The van der Waals surface area contributed by atoms with Gasteiger partial charge in [0.05, 0.1) is 25.1 Å². The molecule has 0 aliphatic carbocycles. The third-order valence-electron chi connectivity index (χ3n) is 5.10. The van der Waals surface area contributed by atoms with Gasteiger partial charge in [-0.3, -0.25) is 9.89 Å². The Balaban J connectivity index is 0.00000300. The van der Waals surface area contributed by atoms with Crippen LogP contribution in [-0.2, 0) is 11.3 Å². The van der Waals surface area contributed by atoms with Crippen LogP contribution in [0.15, 0.2) is 47.7 Å². The number of hydrogen-bond donors (Lipinski definition) is 2. The molecule has 1 aromatic carbocycles. The fourth-order valence-corrected chi connectivity index (χ4v) is 3.48. The quantitative estimate of drug-likeness (QED) is 0.339. The van der Waals surface area contributed by atoms with Crippen LogP contribution < -0.4 is 10.6 Å². The fraction of sp³-hybridized carbons (Fsp3) is 0.524. The van der Waals surface area contributed by atoms with Gasteiger partial charge in [-0.2, -0.15) is 5.10 Å². The van der Waals surface area contributed by atoms with Crippen LogP contribution in [0.5, 0.6) is 0 Å². The number of morpholine rings is 1. The molecule has 0 saturated carbocycles. The van der Waals surface area contributed by atoms with Crippen LogP contribution >= 0.6 is 24.0 Å². The zero-order valence-corrected chi connectivity index (χ0v) is 19.9. The number of nitrogens with zero attached hydrogens (tertiary/aromatic N) is 4. The van der Waals surface area contributed by atoms with E-state index in [1.165, 1.54) is 0 Å². The maximum Gasteiger partial charge on any atom is 0.191 e. The summed E-state index contributed by atoms with van der Waals surface area (Å²) >= 11 is 0. The Morgan fingerprint density at radius 3 is 2.55 bits per heavy atom. The smallest absolute Gasteiger partial charge is 0.191 e. The summed E-state index contributed by atoms with van der Waals surface area (Å²) in [6.07, 6.45) is 3.93. The van der Waals surface area contributed by atoms with Crippen LogP contribution in [-0.4, -0.2) is 66.6 Å². The summed E-state index contributed by atoms with van der Waals surface area (Å²) in [6.45, 7) is 9.72. The molecule has 0 radical (unpaired) electrons. The summed E-state index contributed by atoms with van der Waals surface area (Å²) in [5.41, 5.74) is 2.17. The van der Waals surface area contributed by atoms with E-state index in [1.807, 2.05) is 54.5 Å². The van der Waals surface area contributed by atoms with Gasteiger partial charge in [-0.05, 0) is 18.1 Å². The average Bonchev–Trinajstić information content (AvgIpc) is 3.21. The van der Waals surface area contributed by atoms with Crippen molar-refractivity contribution in [3.05, 3.63) is 48.3 Å². The fourth-order valence-electron chi connectivity index (χ4n) is 3.48. The molecule has 29 heavy (non-hydrogen) atoms. The minimum Gasteiger partial charge on any atom is -0.379 e. The Morgan fingerprint density at radius 1 is 1.17 bits per heavy atom. The number of ether oxygens (including phenoxy) is 1. The summed E-state index contributed by atoms with van der Waals surface area (Å²) in [6, 6.07) is 10.6. The number of rotatable bonds is 7. The third-order valence-corrected chi connectivity index (χ3v) is 5.10. The lowest BCUT2D eigenvalue weighted by Crippen LogP contribution is -2.52. The van der Waals surface area contributed by atoms with Crippen LogP contribution in [0.25, 0.3) is 5.69 Å². The zero-order valence-electron chi connectivity index (χ0n) is 17.5. The van der Waals surface area contributed by atoms with E-state index in [4.69, 9.17) is 4.74 Å². The van der Waals surface area contributed by atoms with Gasteiger partial charge in [0.2, 0.25) is 0 Å². The number of halogens is 1. The highest BCUT2D eigenvalue weighted by atomic mass is 127. The predicted molar refractivity (Wildman–Crippen MR) is 128 cm³/mol. The van der Waals surface area contributed by atoms with Crippen molar-refractivity contribution in [1.82, 2.24) is 25.3 Å². The minimum absolute atomic E-state index is 0. The standard InChI is InChI=1S/C21H32N6O.HI/c1-17(2)20(26-9-11-28-12-10-26)15-24-21(22-3)23-13-18-14-25-27(16-18)19-7-5-4-6-8-19;/h4-8,14,16-17,20H,9-13,15H2,1-3H3,(H2,22,23,24);1H. The van der Waals surface area contributed by atoms with Crippen LogP contribution in [0.4, 0.5) is 0 Å². The normalized spacial score (nSPS) is 16.3. The number of benzene rings is 1. The zero-order chi connectivity index (χ0) is 19.8. The first kappa shape index (κ1) is 23.6. The first-order valence-electron chi connectivity index (χ1n) is 10.0. The molecular weight excluding hydrogens is 479 g/mol. The molecule has 8 heteroatoms. The second-order valence-electron chi connectivity index (χ2n) is 7.40. The second-order valence-corrected chi connectivity index (χ2v) is 7.40. The van der Waals surface area contributed by atoms with E-state index < -0.39 is 0 Å². The Kier molecular flexibility index (Phi) is 9.89. The number of nitrogens with one attached hydrogen (secondary N) is 2. The summed E-state index contributed by atoms with van der Waals surface area (Å²) in [5, 5.41) is 11.3. The molecule has 0 spiro atoms. The Labute approximate surface area is 190 Å². The maximum absolute atomic E-state index is 5.49. The number of para-hydroxylation sites is 1. The minimum atomic E-state index is 0. The van der Waals surface area contributed by atoms with E-state index in [1.54, 1.807) is 0 Å². The topological polar surface area (TPSA) is 66.7 Å². The van der Waals surface area contributed by atoms with Crippen LogP contribution in [0.2, 0.25) is 0 Å². The van der Waals surface area contributed by atoms with Crippen molar-refractivity contribution >= 4 is 29.9 Å². The first-order chi connectivity index (χ1) is 13.7. The Morgan fingerprint density at radius 2 is 1.90 bits per heavy atom. The van der Waals surface area contributed by atoms with E-state index in [0.29, 0.717) is 18.5 Å². The molecule has 2 heterocycles. The number of guanidine groups is 1.